The summed E-state index contributed by atoms with van der Waals surface area (Å²) in [5.41, 5.74) is 10.4. The van der Waals surface area contributed by atoms with Crippen LogP contribution < -0.4 is 30.2 Å². The molecule has 0 aliphatic carbocycles. The molecular formula is C51H46O2Si. The summed E-state index contributed by atoms with van der Waals surface area (Å²) in [5.74, 6) is 3.84. The van der Waals surface area contributed by atoms with Crippen molar-refractivity contribution in [1.29, 1.82) is 0 Å². The lowest BCUT2D eigenvalue weighted by atomic mass is 9.74. The number of ether oxygens (including phenoxy) is 2. The first kappa shape index (κ1) is 34.1. The predicted molar refractivity (Wildman–Crippen MR) is 227 cm³/mol. The van der Waals surface area contributed by atoms with E-state index in [1.807, 2.05) is 0 Å². The fourth-order valence-electron chi connectivity index (χ4n) is 9.38. The summed E-state index contributed by atoms with van der Waals surface area (Å²) < 4.78 is 14.0. The van der Waals surface area contributed by atoms with Crippen LogP contribution in [0.5, 0.6) is 23.0 Å². The highest BCUT2D eigenvalue weighted by Gasteiger charge is 2.47. The molecule has 0 radical (unpaired) electrons. The van der Waals surface area contributed by atoms with Crippen molar-refractivity contribution in [3.05, 3.63) is 191 Å². The maximum absolute atomic E-state index is 7.09. The van der Waals surface area contributed by atoms with Gasteiger partial charge in [-0.3, -0.25) is 0 Å². The van der Waals surface area contributed by atoms with Crippen molar-refractivity contribution in [2.24, 2.45) is 0 Å². The van der Waals surface area contributed by atoms with Gasteiger partial charge in [-0.25, -0.2) is 0 Å². The number of para-hydroxylation sites is 2. The standard InChI is InChI=1S/C51H46O2Si/c1-33-25-29-41-45(31-33)53-49-43(51(41,6)7)30-26-34(2)47(49)39-28-27-38(32-35(39)3)54(36-17-10-8-11-18-36,37-19-12-9-13-20-37)46-24-16-22-42-48(46)52-44-23-15-14-21-40(44)50(42,4)5/h8-32H,1-7H3. The third kappa shape index (κ3) is 4.98. The first-order valence-corrected chi connectivity index (χ1v) is 21.1. The summed E-state index contributed by atoms with van der Waals surface area (Å²) in [6.07, 6.45) is 0. The zero-order valence-electron chi connectivity index (χ0n) is 32.3. The maximum atomic E-state index is 7.09. The third-order valence-corrected chi connectivity index (χ3v) is 17.0. The molecule has 0 bridgehead atoms. The summed E-state index contributed by atoms with van der Waals surface area (Å²) in [6, 6.07) is 56.1. The minimum Gasteiger partial charge on any atom is -0.457 e. The van der Waals surface area contributed by atoms with Crippen molar-refractivity contribution in [3.63, 3.8) is 0 Å². The van der Waals surface area contributed by atoms with Gasteiger partial charge in [-0.15, -0.1) is 0 Å². The zero-order valence-corrected chi connectivity index (χ0v) is 33.3. The van der Waals surface area contributed by atoms with Crippen LogP contribution >= 0.6 is 0 Å². The second-order valence-corrected chi connectivity index (χ2v) is 20.0. The molecule has 0 saturated heterocycles. The van der Waals surface area contributed by atoms with Crippen LogP contribution in [-0.4, -0.2) is 8.07 Å². The average molecular weight is 719 g/mol. The van der Waals surface area contributed by atoms with Crippen LogP contribution in [0.25, 0.3) is 11.1 Å². The van der Waals surface area contributed by atoms with Crippen LogP contribution in [0.1, 0.15) is 66.6 Å². The van der Waals surface area contributed by atoms with Crippen molar-refractivity contribution in [2.75, 3.05) is 0 Å². The van der Waals surface area contributed by atoms with E-state index < -0.39 is 8.07 Å². The molecule has 3 heteroatoms. The Hall–Kier alpha value is -5.64. The molecular weight excluding hydrogens is 673 g/mol. The largest absolute Gasteiger partial charge is 0.457 e. The van der Waals surface area contributed by atoms with Crippen molar-refractivity contribution < 1.29 is 9.47 Å². The summed E-state index contributed by atoms with van der Waals surface area (Å²) in [5, 5.41) is 5.22. The van der Waals surface area contributed by atoms with E-state index in [-0.39, 0.29) is 10.8 Å². The second kappa shape index (κ2) is 12.5. The quantitative estimate of drug-likeness (QED) is 0.130. The van der Waals surface area contributed by atoms with Crippen LogP contribution in [-0.2, 0) is 10.8 Å². The maximum Gasteiger partial charge on any atom is 0.184 e. The minimum atomic E-state index is -2.99. The molecule has 0 amide bonds. The highest BCUT2D eigenvalue weighted by Crippen LogP contribution is 2.53. The first-order chi connectivity index (χ1) is 26.0. The fraction of sp³-hybridized carbons (Fsp3) is 0.176. The van der Waals surface area contributed by atoms with Crippen LogP contribution in [0.4, 0.5) is 0 Å². The van der Waals surface area contributed by atoms with E-state index in [4.69, 9.17) is 9.47 Å². The molecule has 0 N–H and O–H groups in total. The lowest BCUT2D eigenvalue weighted by Crippen LogP contribution is -2.75. The molecule has 9 rings (SSSR count). The zero-order chi connectivity index (χ0) is 37.4. The van der Waals surface area contributed by atoms with Crippen molar-refractivity contribution in [1.82, 2.24) is 0 Å². The van der Waals surface area contributed by atoms with Gasteiger partial charge in [-0.05, 0) is 75.9 Å². The molecule has 2 heterocycles. The SMILES string of the molecule is Cc1ccc2c(c1)Oc1c(ccc(C)c1-c1ccc([Si](c3ccccc3)(c3ccccc3)c3cccc4c3Oc3ccccc3C4(C)C)cc1C)C2(C)C. The molecule has 2 aliphatic heterocycles. The summed E-state index contributed by atoms with van der Waals surface area (Å²) in [4.78, 5) is 0. The molecule has 54 heavy (non-hydrogen) atoms. The topological polar surface area (TPSA) is 18.5 Å². The monoisotopic (exact) mass is 718 g/mol. The van der Waals surface area contributed by atoms with E-state index in [0.29, 0.717) is 0 Å². The van der Waals surface area contributed by atoms with E-state index >= 15 is 0 Å². The van der Waals surface area contributed by atoms with Crippen molar-refractivity contribution in [2.45, 2.75) is 59.3 Å². The molecule has 0 spiro atoms. The molecule has 0 fully saturated rings. The highest BCUT2D eigenvalue weighted by molar-refractivity contribution is 7.20. The summed E-state index contributed by atoms with van der Waals surface area (Å²) in [6.45, 7) is 15.9. The third-order valence-electron chi connectivity index (χ3n) is 12.3. The van der Waals surface area contributed by atoms with Gasteiger partial charge in [0.1, 0.15) is 23.0 Å². The normalized spacial score (nSPS) is 14.8. The predicted octanol–water partition coefficient (Wildman–Crippen LogP) is 10.5. The van der Waals surface area contributed by atoms with Gasteiger partial charge in [0.25, 0.3) is 0 Å². The molecule has 0 saturated carbocycles. The fourth-order valence-corrected chi connectivity index (χ4v) is 14.3. The lowest BCUT2D eigenvalue weighted by Gasteiger charge is -2.40. The number of rotatable bonds is 5. The van der Waals surface area contributed by atoms with Gasteiger partial charge in [-0.2, -0.15) is 0 Å². The molecule has 0 unspecified atom stereocenters. The number of fused-ring (bicyclic) bond motifs is 4. The van der Waals surface area contributed by atoms with Crippen LogP contribution in [0.15, 0.2) is 152 Å². The number of hydrogen-bond donors (Lipinski definition) is 0. The summed E-state index contributed by atoms with van der Waals surface area (Å²) in [7, 11) is -2.99. The molecule has 2 nitrogen and oxygen atoms in total. The van der Waals surface area contributed by atoms with Gasteiger partial charge >= 0.3 is 0 Å². The van der Waals surface area contributed by atoms with Crippen LogP contribution in [0.2, 0.25) is 0 Å². The number of aryl methyl sites for hydroxylation is 3. The van der Waals surface area contributed by atoms with E-state index in [1.165, 1.54) is 70.8 Å². The average Bonchev–Trinajstić information content (AvgIpc) is 3.16. The van der Waals surface area contributed by atoms with Gasteiger partial charge in [0.2, 0.25) is 0 Å². The minimum absolute atomic E-state index is 0.200. The molecule has 7 aromatic rings. The molecule has 266 valence electrons. The highest BCUT2D eigenvalue weighted by atomic mass is 28.3. The number of benzene rings is 7. The second-order valence-electron chi connectivity index (χ2n) is 16.3. The Morgan fingerprint density at radius 2 is 1.00 bits per heavy atom. The Kier molecular flexibility index (Phi) is 7.88. The Morgan fingerprint density at radius 3 is 1.69 bits per heavy atom. The van der Waals surface area contributed by atoms with E-state index in [2.05, 4.69) is 200 Å². The summed E-state index contributed by atoms with van der Waals surface area (Å²) >= 11 is 0. The Morgan fingerprint density at radius 1 is 0.426 bits per heavy atom. The smallest absolute Gasteiger partial charge is 0.184 e. The van der Waals surface area contributed by atoms with Crippen LogP contribution in [0, 0.1) is 20.8 Å². The molecule has 2 aliphatic rings. The van der Waals surface area contributed by atoms with E-state index in [1.54, 1.807) is 0 Å². The van der Waals surface area contributed by atoms with Gasteiger partial charge in [0, 0.05) is 38.6 Å². The molecule has 7 aromatic carbocycles. The molecule has 0 atom stereocenters. The van der Waals surface area contributed by atoms with Crippen molar-refractivity contribution in [3.8, 4) is 34.1 Å². The lowest BCUT2D eigenvalue weighted by molar-refractivity contribution is 0.419. The Labute approximate surface area is 321 Å². The van der Waals surface area contributed by atoms with Gasteiger partial charge in [0.05, 0.1) is 0 Å². The van der Waals surface area contributed by atoms with E-state index in [9.17, 15) is 0 Å². The Balaban J connectivity index is 1.31. The Bertz CT molecular complexity index is 2540. The van der Waals surface area contributed by atoms with Gasteiger partial charge in [-0.1, -0.05) is 167 Å². The first-order valence-electron chi connectivity index (χ1n) is 19.1. The van der Waals surface area contributed by atoms with E-state index in [0.717, 1.165) is 23.0 Å². The van der Waals surface area contributed by atoms with Gasteiger partial charge in [0.15, 0.2) is 8.07 Å². The van der Waals surface area contributed by atoms with Crippen molar-refractivity contribution >= 4 is 28.8 Å². The number of hydrogen-bond acceptors (Lipinski definition) is 2. The van der Waals surface area contributed by atoms with Crippen LogP contribution in [0.3, 0.4) is 0 Å². The molecule has 0 aromatic heterocycles. The van der Waals surface area contributed by atoms with Gasteiger partial charge < -0.3 is 9.47 Å².